The molecule has 1 amide bonds. The zero-order valence-corrected chi connectivity index (χ0v) is 29.2. The monoisotopic (exact) mass is 705 g/mol. The summed E-state index contributed by atoms with van der Waals surface area (Å²) in [5.41, 5.74) is 0.161. The van der Waals surface area contributed by atoms with E-state index in [4.69, 9.17) is 9.47 Å². The van der Waals surface area contributed by atoms with Crippen LogP contribution >= 0.6 is 0 Å². The number of sulfonamides is 2. The molecular weight excluding hydrogens is 662 g/mol. The SMILES string of the molecule is C[C@@H]1CN([C@H](C)CO)C(=O)c2cc(NS(=O)(=O)c3ccc(F)cc3)ccc2O[C@@H](C)CCCCO[C@@H]1CN(C)S(=O)(=O)c1ccccc1. The molecule has 48 heavy (non-hydrogen) atoms. The van der Waals surface area contributed by atoms with Crippen molar-refractivity contribution in [3.8, 4) is 5.75 Å². The molecule has 0 spiro atoms. The molecule has 0 radical (unpaired) electrons. The number of anilines is 1. The number of hydrogen-bond donors (Lipinski definition) is 2. The van der Waals surface area contributed by atoms with Gasteiger partial charge in [-0.3, -0.25) is 9.52 Å². The molecule has 0 aromatic heterocycles. The zero-order chi connectivity index (χ0) is 35.1. The predicted molar refractivity (Wildman–Crippen MR) is 180 cm³/mol. The van der Waals surface area contributed by atoms with Gasteiger partial charge >= 0.3 is 0 Å². The van der Waals surface area contributed by atoms with Gasteiger partial charge in [0, 0.05) is 38.3 Å². The molecule has 0 saturated heterocycles. The largest absolute Gasteiger partial charge is 0.490 e. The summed E-state index contributed by atoms with van der Waals surface area (Å²) in [4.78, 5) is 15.8. The van der Waals surface area contributed by atoms with Crippen molar-refractivity contribution < 1.29 is 40.6 Å². The fraction of sp³-hybridized carbons (Fsp3) is 0.441. The third-order valence-corrected chi connectivity index (χ3v) is 11.6. The number of aliphatic hydroxyl groups is 1. The van der Waals surface area contributed by atoms with Crippen molar-refractivity contribution in [2.24, 2.45) is 5.92 Å². The molecule has 4 atom stereocenters. The third-order valence-electron chi connectivity index (χ3n) is 8.32. The van der Waals surface area contributed by atoms with E-state index < -0.39 is 43.9 Å². The minimum Gasteiger partial charge on any atom is -0.490 e. The molecule has 0 saturated carbocycles. The molecule has 4 rings (SSSR count). The summed E-state index contributed by atoms with van der Waals surface area (Å²) in [6.07, 6.45) is 1.17. The molecule has 0 unspecified atom stereocenters. The first-order valence-corrected chi connectivity index (χ1v) is 18.8. The molecule has 2 N–H and O–H groups in total. The average molecular weight is 706 g/mol. The van der Waals surface area contributed by atoms with Gasteiger partial charge in [-0.2, -0.15) is 4.31 Å². The van der Waals surface area contributed by atoms with Crippen LogP contribution in [0, 0.1) is 11.7 Å². The number of nitrogens with zero attached hydrogens (tertiary/aromatic N) is 2. The van der Waals surface area contributed by atoms with Gasteiger partial charge in [-0.05, 0) is 87.7 Å². The van der Waals surface area contributed by atoms with Crippen molar-refractivity contribution in [2.45, 2.75) is 68.1 Å². The van der Waals surface area contributed by atoms with Crippen molar-refractivity contribution in [2.75, 3.05) is 38.1 Å². The number of likely N-dealkylation sites (N-methyl/N-ethyl adjacent to an activating group) is 1. The molecular formula is C34H44FN3O8S2. The Morgan fingerprint density at radius 1 is 1.00 bits per heavy atom. The lowest BCUT2D eigenvalue weighted by Gasteiger charge is -2.35. The molecule has 0 bridgehead atoms. The first kappa shape index (κ1) is 37.3. The van der Waals surface area contributed by atoms with Crippen LogP contribution < -0.4 is 9.46 Å². The summed E-state index contributed by atoms with van der Waals surface area (Å²) in [6, 6.07) is 16.2. The topological polar surface area (TPSA) is 143 Å². The molecule has 11 nitrogen and oxygen atoms in total. The van der Waals surface area contributed by atoms with Crippen LogP contribution in [0.15, 0.2) is 82.6 Å². The van der Waals surface area contributed by atoms with E-state index in [9.17, 15) is 31.1 Å². The van der Waals surface area contributed by atoms with Crippen LogP contribution in [-0.4, -0.2) is 88.7 Å². The molecule has 3 aromatic rings. The van der Waals surface area contributed by atoms with E-state index in [0.717, 1.165) is 30.7 Å². The summed E-state index contributed by atoms with van der Waals surface area (Å²) in [5.74, 6) is -1.24. The van der Waals surface area contributed by atoms with Gasteiger partial charge in [-0.15, -0.1) is 0 Å². The maximum atomic E-state index is 14.3. The van der Waals surface area contributed by atoms with Gasteiger partial charge in [0.15, 0.2) is 0 Å². The van der Waals surface area contributed by atoms with Crippen LogP contribution in [0.25, 0.3) is 0 Å². The number of carbonyl (C=O) groups excluding carboxylic acids is 1. The summed E-state index contributed by atoms with van der Waals surface area (Å²) in [7, 11) is -6.44. The summed E-state index contributed by atoms with van der Waals surface area (Å²) in [6.45, 7) is 5.53. The van der Waals surface area contributed by atoms with E-state index in [0.29, 0.717) is 19.4 Å². The van der Waals surface area contributed by atoms with Crippen molar-refractivity contribution >= 4 is 31.6 Å². The molecule has 262 valence electrons. The van der Waals surface area contributed by atoms with Crippen molar-refractivity contribution in [1.29, 1.82) is 0 Å². The molecule has 0 aliphatic carbocycles. The van der Waals surface area contributed by atoms with Crippen LogP contribution in [0.4, 0.5) is 10.1 Å². The number of benzene rings is 3. The second kappa shape index (κ2) is 16.2. The number of carbonyl (C=O) groups is 1. The Labute approximate surface area is 282 Å². The highest BCUT2D eigenvalue weighted by Gasteiger charge is 2.32. The van der Waals surface area contributed by atoms with E-state index in [1.165, 1.54) is 46.6 Å². The Bertz CT molecular complexity index is 1740. The zero-order valence-electron chi connectivity index (χ0n) is 27.6. The second-order valence-corrected chi connectivity index (χ2v) is 15.9. The number of fused-ring (bicyclic) bond motifs is 1. The fourth-order valence-electron chi connectivity index (χ4n) is 5.40. The minimum atomic E-state index is -4.12. The van der Waals surface area contributed by atoms with Crippen LogP contribution in [0.1, 0.15) is 50.4 Å². The van der Waals surface area contributed by atoms with Crippen LogP contribution in [0.3, 0.4) is 0 Å². The normalized spacial score (nSPS) is 20.8. The lowest BCUT2D eigenvalue weighted by atomic mass is 10.0. The van der Waals surface area contributed by atoms with Gasteiger partial charge in [0.05, 0.1) is 40.2 Å². The Kier molecular flexibility index (Phi) is 12.6. The van der Waals surface area contributed by atoms with Gasteiger partial charge in [0.1, 0.15) is 11.6 Å². The highest BCUT2D eigenvalue weighted by atomic mass is 32.2. The number of ether oxygens (including phenoxy) is 2. The van der Waals surface area contributed by atoms with Crippen LogP contribution in [0.2, 0.25) is 0 Å². The van der Waals surface area contributed by atoms with Crippen molar-refractivity contribution in [1.82, 2.24) is 9.21 Å². The first-order chi connectivity index (χ1) is 22.7. The highest BCUT2D eigenvalue weighted by molar-refractivity contribution is 7.92. The van der Waals surface area contributed by atoms with Crippen LogP contribution in [-0.2, 0) is 24.8 Å². The number of nitrogens with one attached hydrogen (secondary N) is 1. The lowest BCUT2D eigenvalue weighted by molar-refractivity contribution is -0.00833. The van der Waals surface area contributed by atoms with Gasteiger partial charge in [-0.1, -0.05) is 25.1 Å². The fourth-order valence-corrected chi connectivity index (χ4v) is 7.65. The predicted octanol–water partition coefficient (Wildman–Crippen LogP) is 4.74. The Balaban J connectivity index is 1.68. The number of rotatable bonds is 9. The average Bonchev–Trinajstić information content (AvgIpc) is 3.06. The van der Waals surface area contributed by atoms with Gasteiger partial charge < -0.3 is 19.5 Å². The molecule has 1 aliphatic rings. The Hall–Kier alpha value is -3.56. The number of aliphatic hydroxyl groups excluding tert-OH is 1. The molecule has 1 heterocycles. The maximum absolute atomic E-state index is 14.3. The standard InChI is InChI=1S/C34H44FN3O8S2/c1-24-21-38(25(2)23-39)34(40)31-20-28(36-47(41,42)29-16-13-27(35)14-17-29)15-18-32(31)46-26(3)10-8-9-19-45-33(24)22-37(4)48(43,44)30-11-6-5-7-12-30/h5-7,11-18,20,24-26,33,36,39H,8-10,19,21-23H2,1-4H3/t24-,25-,26+,33-/m1/s1. The smallest absolute Gasteiger partial charge is 0.261 e. The van der Waals surface area contributed by atoms with E-state index >= 15 is 0 Å². The second-order valence-electron chi connectivity index (χ2n) is 12.2. The molecule has 1 aliphatic heterocycles. The number of hydrogen-bond acceptors (Lipinski definition) is 8. The van der Waals surface area contributed by atoms with Crippen LogP contribution in [0.5, 0.6) is 5.75 Å². The Morgan fingerprint density at radius 3 is 2.35 bits per heavy atom. The number of halogens is 1. The van der Waals surface area contributed by atoms with E-state index in [1.54, 1.807) is 25.1 Å². The third kappa shape index (κ3) is 9.32. The quantitative estimate of drug-likeness (QED) is 0.325. The summed E-state index contributed by atoms with van der Waals surface area (Å²) < 4.78 is 82.5. The van der Waals surface area contributed by atoms with Gasteiger partial charge in [0.2, 0.25) is 10.0 Å². The maximum Gasteiger partial charge on any atom is 0.261 e. The number of amides is 1. The Morgan fingerprint density at radius 2 is 1.69 bits per heavy atom. The molecule has 14 heteroatoms. The van der Waals surface area contributed by atoms with Gasteiger partial charge in [0.25, 0.3) is 15.9 Å². The van der Waals surface area contributed by atoms with E-state index in [2.05, 4.69) is 4.72 Å². The van der Waals surface area contributed by atoms with Crippen molar-refractivity contribution in [3.05, 3.63) is 84.2 Å². The van der Waals surface area contributed by atoms with E-state index in [-0.39, 0.29) is 58.5 Å². The summed E-state index contributed by atoms with van der Waals surface area (Å²) in [5, 5.41) is 10.2. The minimum absolute atomic E-state index is 0.0271. The lowest BCUT2D eigenvalue weighted by Crippen LogP contribution is -2.48. The molecule has 3 aromatic carbocycles. The highest BCUT2D eigenvalue weighted by Crippen LogP contribution is 2.30. The van der Waals surface area contributed by atoms with E-state index in [1.807, 2.05) is 13.8 Å². The molecule has 0 fully saturated rings. The first-order valence-electron chi connectivity index (χ1n) is 15.9. The van der Waals surface area contributed by atoms with Gasteiger partial charge in [-0.25, -0.2) is 21.2 Å². The van der Waals surface area contributed by atoms with Crippen molar-refractivity contribution in [3.63, 3.8) is 0 Å². The summed E-state index contributed by atoms with van der Waals surface area (Å²) >= 11 is 0.